The molecule has 1 aliphatic heterocycles. The zero-order valence-corrected chi connectivity index (χ0v) is 15.7. The fraction of sp³-hybridized carbons (Fsp3) is 0.238. The van der Waals surface area contributed by atoms with Crippen molar-refractivity contribution >= 4 is 23.7 Å². The maximum absolute atomic E-state index is 12.2. The van der Waals surface area contributed by atoms with Crippen LogP contribution in [0.25, 0.3) is 0 Å². The molecule has 0 fully saturated rings. The lowest BCUT2D eigenvalue weighted by Gasteiger charge is -2.18. The standard InChI is InChI=1S/C21H20N2O5/c1-14-7-9-15(10-8-14)11-22(2)18(24)13-28-19(25)12-23-20(26)16-5-3-4-6-17(16)21(23)27/h3-10H,11-13H2,1-2H3. The van der Waals surface area contributed by atoms with Gasteiger partial charge >= 0.3 is 5.97 Å². The first kappa shape index (κ1) is 19.3. The fourth-order valence-electron chi connectivity index (χ4n) is 2.87. The summed E-state index contributed by atoms with van der Waals surface area (Å²) in [5.41, 5.74) is 2.60. The highest BCUT2D eigenvalue weighted by Crippen LogP contribution is 2.22. The molecule has 0 aromatic heterocycles. The van der Waals surface area contributed by atoms with Gasteiger partial charge in [0.25, 0.3) is 17.7 Å². The molecular formula is C21H20N2O5. The van der Waals surface area contributed by atoms with Gasteiger partial charge in [-0.25, -0.2) is 0 Å². The Morgan fingerprint density at radius 2 is 1.54 bits per heavy atom. The Balaban J connectivity index is 1.50. The van der Waals surface area contributed by atoms with Crippen LogP contribution in [0.1, 0.15) is 31.8 Å². The molecule has 7 heteroatoms. The maximum atomic E-state index is 12.2. The van der Waals surface area contributed by atoms with Crippen LogP contribution in [-0.4, -0.2) is 53.7 Å². The topological polar surface area (TPSA) is 84.0 Å². The van der Waals surface area contributed by atoms with Crippen LogP contribution in [0.4, 0.5) is 0 Å². The molecule has 0 atom stereocenters. The van der Waals surface area contributed by atoms with Crippen LogP contribution in [0.5, 0.6) is 0 Å². The van der Waals surface area contributed by atoms with Gasteiger partial charge in [-0.3, -0.25) is 24.1 Å². The van der Waals surface area contributed by atoms with Crippen LogP contribution in [-0.2, 0) is 20.9 Å². The van der Waals surface area contributed by atoms with Crippen molar-refractivity contribution in [3.05, 3.63) is 70.8 Å². The summed E-state index contributed by atoms with van der Waals surface area (Å²) < 4.78 is 4.96. The van der Waals surface area contributed by atoms with Gasteiger partial charge in [0, 0.05) is 13.6 Å². The lowest BCUT2D eigenvalue weighted by molar-refractivity contribution is -0.151. The number of fused-ring (bicyclic) bond motifs is 1. The molecular weight excluding hydrogens is 360 g/mol. The molecule has 0 saturated heterocycles. The van der Waals surface area contributed by atoms with Crippen molar-refractivity contribution in [1.82, 2.24) is 9.80 Å². The van der Waals surface area contributed by atoms with E-state index in [2.05, 4.69) is 0 Å². The number of esters is 1. The van der Waals surface area contributed by atoms with Gasteiger partial charge in [-0.1, -0.05) is 42.0 Å². The molecule has 0 N–H and O–H groups in total. The number of hydrogen-bond donors (Lipinski definition) is 0. The number of rotatable bonds is 6. The van der Waals surface area contributed by atoms with E-state index in [1.807, 2.05) is 31.2 Å². The lowest BCUT2D eigenvalue weighted by atomic mass is 10.1. The lowest BCUT2D eigenvalue weighted by Crippen LogP contribution is -2.37. The van der Waals surface area contributed by atoms with Gasteiger partial charge in [0.1, 0.15) is 6.54 Å². The average Bonchev–Trinajstić information content (AvgIpc) is 2.93. The number of imide groups is 1. The summed E-state index contributed by atoms with van der Waals surface area (Å²) in [6, 6.07) is 14.1. The molecule has 28 heavy (non-hydrogen) atoms. The van der Waals surface area contributed by atoms with Gasteiger partial charge in [0.15, 0.2) is 6.61 Å². The molecule has 0 bridgehead atoms. The Morgan fingerprint density at radius 1 is 0.964 bits per heavy atom. The van der Waals surface area contributed by atoms with E-state index in [0.29, 0.717) is 6.54 Å². The van der Waals surface area contributed by atoms with Gasteiger partial charge < -0.3 is 9.64 Å². The van der Waals surface area contributed by atoms with Crippen molar-refractivity contribution in [3.8, 4) is 0 Å². The Labute approximate surface area is 162 Å². The van der Waals surface area contributed by atoms with E-state index in [1.165, 1.54) is 17.0 Å². The summed E-state index contributed by atoms with van der Waals surface area (Å²) in [4.78, 5) is 50.9. The summed E-state index contributed by atoms with van der Waals surface area (Å²) in [6.45, 7) is 1.38. The average molecular weight is 380 g/mol. The number of carbonyl (C=O) groups excluding carboxylic acids is 4. The number of likely N-dealkylation sites (N-methyl/N-ethyl adjacent to an activating group) is 1. The van der Waals surface area contributed by atoms with Crippen molar-refractivity contribution in [2.45, 2.75) is 13.5 Å². The predicted molar refractivity (Wildman–Crippen MR) is 100 cm³/mol. The normalized spacial score (nSPS) is 12.7. The first-order valence-electron chi connectivity index (χ1n) is 8.77. The minimum absolute atomic E-state index is 0.259. The Bertz CT molecular complexity index is 901. The van der Waals surface area contributed by atoms with Crippen molar-refractivity contribution in [1.29, 1.82) is 0 Å². The summed E-state index contributed by atoms with van der Waals surface area (Å²) in [5.74, 6) is -2.27. The Hall–Kier alpha value is -3.48. The van der Waals surface area contributed by atoms with E-state index in [4.69, 9.17) is 4.74 Å². The van der Waals surface area contributed by atoms with Crippen LogP contribution in [0.2, 0.25) is 0 Å². The van der Waals surface area contributed by atoms with Gasteiger partial charge in [0.2, 0.25) is 0 Å². The Kier molecular flexibility index (Phi) is 5.54. The quantitative estimate of drug-likeness (QED) is 0.564. The van der Waals surface area contributed by atoms with E-state index in [1.54, 1.807) is 19.2 Å². The minimum atomic E-state index is -0.813. The molecule has 0 unspecified atom stereocenters. The molecule has 0 radical (unpaired) electrons. The highest BCUT2D eigenvalue weighted by molar-refractivity contribution is 6.22. The molecule has 3 rings (SSSR count). The molecule has 1 aliphatic rings. The molecule has 1 heterocycles. The first-order valence-corrected chi connectivity index (χ1v) is 8.77. The Morgan fingerprint density at radius 3 is 2.11 bits per heavy atom. The van der Waals surface area contributed by atoms with Crippen LogP contribution in [0.15, 0.2) is 48.5 Å². The van der Waals surface area contributed by atoms with Crippen molar-refractivity contribution < 1.29 is 23.9 Å². The second-order valence-electron chi connectivity index (χ2n) is 6.64. The molecule has 7 nitrogen and oxygen atoms in total. The van der Waals surface area contributed by atoms with Gasteiger partial charge in [-0.2, -0.15) is 0 Å². The zero-order valence-electron chi connectivity index (χ0n) is 15.7. The predicted octanol–water partition coefficient (Wildman–Crippen LogP) is 1.79. The number of benzene rings is 2. The van der Waals surface area contributed by atoms with Gasteiger partial charge in [-0.05, 0) is 24.6 Å². The molecule has 2 aromatic carbocycles. The molecule has 144 valence electrons. The smallest absolute Gasteiger partial charge is 0.326 e. The largest absolute Gasteiger partial charge is 0.454 e. The number of carbonyl (C=O) groups is 4. The van der Waals surface area contributed by atoms with E-state index in [-0.39, 0.29) is 17.0 Å². The van der Waals surface area contributed by atoms with Crippen LogP contribution in [0.3, 0.4) is 0 Å². The van der Waals surface area contributed by atoms with Crippen LogP contribution >= 0.6 is 0 Å². The van der Waals surface area contributed by atoms with Crippen molar-refractivity contribution in [3.63, 3.8) is 0 Å². The molecule has 0 saturated carbocycles. The van der Waals surface area contributed by atoms with E-state index < -0.39 is 30.9 Å². The van der Waals surface area contributed by atoms with E-state index >= 15 is 0 Å². The van der Waals surface area contributed by atoms with Crippen LogP contribution in [0, 0.1) is 6.92 Å². The second-order valence-corrected chi connectivity index (χ2v) is 6.64. The number of hydrogen-bond acceptors (Lipinski definition) is 5. The van der Waals surface area contributed by atoms with Crippen molar-refractivity contribution in [2.24, 2.45) is 0 Å². The van der Waals surface area contributed by atoms with Crippen LogP contribution < -0.4 is 0 Å². The number of amides is 3. The molecule has 2 aromatic rings. The second kappa shape index (κ2) is 8.04. The molecule has 3 amide bonds. The summed E-state index contributed by atoms with van der Waals surface area (Å²) in [7, 11) is 1.61. The third kappa shape index (κ3) is 4.09. The highest BCUT2D eigenvalue weighted by atomic mass is 16.5. The third-order valence-electron chi connectivity index (χ3n) is 4.49. The maximum Gasteiger partial charge on any atom is 0.326 e. The molecule has 0 spiro atoms. The van der Waals surface area contributed by atoms with E-state index in [0.717, 1.165) is 16.0 Å². The SMILES string of the molecule is Cc1ccc(CN(C)C(=O)COC(=O)CN2C(=O)c3ccccc3C2=O)cc1. The number of ether oxygens (including phenoxy) is 1. The number of aryl methyl sites for hydroxylation is 1. The summed E-state index contributed by atoms with van der Waals surface area (Å²) in [6.07, 6.45) is 0. The monoisotopic (exact) mass is 380 g/mol. The zero-order chi connectivity index (χ0) is 20.3. The summed E-state index contributed by atoms with van der Waals surface area (Å²) >= 11 is 0. The summed E-state index contributed by atoms with van der Waals surface area (Å²) in [5, 5.41) is 0. The third-order valence-corrected chi connectivity index (χ3v) is 4.49. The first-order chi connectivity index (χ1) is 13.4. The van der Waals surface area contributed by atoms with Crippen molar-refractivity contribution in [2.75, 3.05) is 20.2 Å². The van der Waals surface area contributed by atoms with E-state index in [9.17, 15) is 19.2 Å². The minimum Gasteiger partial charge on any atom is -0.454 e. The highest BCUT2D eigenvalue weighted by Gasteiger charge is 2.36. The fourth-order valence-corrected chi connectivity index (χ4v) is 2.87. The molecule has 0 aliphatic carbocycles. The number of nitrogens with zero attached hydrogens (tertiary/aromatic N) is 2. The van der Waals surface area contributed by atoms with Gasteiger partial charge in [0.05, 0.1) is 11.1 Å². The van der Waals surface area contributed by atoms with Gasteiger partial charge in [-0.15, -0.1) is 0 Å².